The molecule has 0 unspecified atom stereocenters. The minimum Gasteiger partial charge on any atom is -0.357 e. The number of nitrogens with two attached hydrogens (primary N) is 1. The Bertz CT molecular complexity index is 1160. The monoisotopic (exact) mass is 441 g/mol. The summed E-state index contributed by atoms with van der Waals surface area (Å²) in [5.41, 5.74) is 3.99. The van der Waals surface area contributed by atoms with E-state index in [2.05, 4.69) is 4.98 Å². The van der Waals surface area contributed by atoms with Crippen LogP contribution in [0.3, 0.4) is 0 Å². The number of aromatic amines is 1. The van der Waals surface area contributed by atoms with Crippen LogP contribution in [0.4, 0.5) is 0 Å². The molecule has 4 rings (SSSR count). The fourth-order valence-corrected chi connectivity index (χ4v) is 4.56. The van der Waals surface area contributed by atoms with Gasteiger partial charge in [0.25, 0.3) is 0 Å². The van der Waals surface area contributed by atoms with E-state index in [0.29, 0.717) is 34.1 Å². The molecule has 1 aromatic heterocycles. The molecule has 1 aliphatic heterocycles. The first-order valence-electron chi connectivity index (χ1n) is 9.83. The Balaban J connectivity index is 1.67. The second-order valence-corrected chi connectivity index (χ2v) is 9.74. The van der Waals surface area contributed by atoms with E-state index < -0.39 is 5.41 Å². The van der Waals surface area contributed by atoms with E-state index >= 15 is 0 Å². The zero-order valence-electron chi connectivity index (χ0n) is 17.2. The van der Waals surface area contributed by atoms with Gasteiger partial charge < -0.3 is 9.88 Å². The number of amides is 1. The van der Waals surface area contributed by atoms with Gasteiger partial charge in [0.15, 0.2) is 5.78 Å². The lowest BCUT2D eigenvalue weighted by molar-refractivity contribution is -0.140. The molecule has 30 heavy (non-hydrogen) atoms. The average Bonchev–Trinajstić information content (AvgIpc) is 3.09. The molecule has 0 saturated heterocycles. The number of halogens is 1. The van der Waals surface area contributed by atoms with Crippen LogP contribution < -0.4 is 5.14 Å². The number of aromatic nitrogens is 1. The summed E-state index contributed by atoms with van der Waals surface area (Å²) < 4.78 is 0. The molecular weight excluding hydrogens is 418 g/mol. The topological polar surface area (TPSA) is 79.2 Å². The molecular formula is C23H24ClN3O2S. The van der Waals surface area contributed by atoms with E-state index in [4.69, 9.17) is 16.7 Å². The van der Waals surface area contributed by atoms with E-state index in [-0.39, 0.29) is 11.7 Å². The smallest absolute Gasteiger partial charge is 0.228 e. The molecule has 0 atom stereocenters. The molecule has 7 heteroatoms. The van der Waals surface area contributed by atoms with Crippen molar-refractivity contribution < 1.29 is 9.59 Å². The normalized spacial score (nSPS) is 14.1. The van der Waals surface area contributed by atoms with Gasteiger partial charge in [0.05, 0.1) is 11.6 Å². The van der Waals surface area contributed by atoms with Crippen LogP contribution in [-0.2, 0) is 17.8 Å². The Hall–Kier alpha value is -2.28. The van der Waals surface area contributed by atoms with Crippen LogP contribution >= 0.6 is 23.5 Å². The fourth-order valence-electron chi connectivity index (χ4n) is 3.93. The number of hydrogen-bond acceptors (Lipinski definition) is 4. The van der Waals surface area contributed by atoms with Crippen molar-refractivity contribution in [1.82, 2.24) is 9.88 Å². The molecule has 3 aromatic rings. The lowest BCUT2D eigenvalue weighted by Gasteiger charge is -2.32. The molecule has 2 aromatic carbocycles. The number of hydrogen-bond donors (Lipinski definition) is 2. The molecule has 0 saturated carbocycles. The molecule has 0 radical (unpaired) electrons. The number of ketones is 1. The highest BCUT2D eigenvalue weighted by Gasteiger charge is 2.31. The SMILES string of the molecule is CC(C)(C)C(=O)N1CCc2c([nH]c3ccc(C(=O)c4ccc(Cl)c(SN)c4)cc23)C1. The Morgan fingerprint density at radius 1 is 1.13 bits per heavy atom. The standard InChI is InChI=1S/C23H24ClN3O2S/c1-23(2,3)22(29)27-9-8-15-16-10-13(5-7-18(16)26-19(15)12-27)21(28)14-4-6-17(24)20(11-14)30-25/h4-7,10-11,26H,8-9,12,25H2,1-3H3. The number of benzene rings is 2. The minimum absolute atomic E-state index is 0.0702. The third-order valence-electron chi connectivity index (χ3n) is 5.49. The zero-order chi connectivity index (χ0) is 21.6. The minimum atomic E-state index is -0.400. The molecule has 1 aliphatic rings. The van der Waals surface area contributed by atoms with Gasteiger partial charge in [-0.2, -0.15) is 0 Å². The van der Waals surface area contributed by atoms with Crippen molar-refractivity contribution in [3.8, 4) is 0 Å². The highest BCUT2D eigenvalue weighted by molar-refractivity contribution is 7.97. The summed E-state index contributed by atoms with van der Waals surface area (Å²) in [5.74, 6) is 0.0816. The summed E-state index contributed by atoms with van der Waals surface area (Å²) in [6.07, 6.45) is 0.768. The van der Waals surface area contributed by atoms with Crippen LogP contribution in [0, 0.1) is 5.41 Å². The Morgan fingerprint density at radius 3 is 2.53 bits per heavy atom. The maximum Gasteiger partial charge on any atom is 0.228 e. The summed E-state index contributed by atoms with van der Waals surface area (Å²) in [6, 6.07) is 10.8. The van der Waals surface area contributed by atoms with Gasteiger partial charge >= 0.3 is 0 Å². The van der Waals surface area contributed by atoms with Crippen molar-refractivity contribution in [1.29, 1.82) is 0 Å². The number of carbonyl (C=O) groups is 2. The zero-order valence-corrected chi connectivity index (χ0v) is 18.8. The van der Waals surface area contributed by atoms with Crippen molar-refractivity contribution in [3.63, 3.8) is 0 Å². The molecule has 3 N–H and O–H groups in total. The Labute approximate surface area is 185 Å². The second kappa shape index (κ2) is 7.76. The number of rotatable bonds is 3. The number of nitrogens with one attached hydrogen (secondary N) is 1. The molecule has 2 heterocycles. The average molecular weight is 442 g/mol. The number of H-pyrrole nitrogens is 1. The van der Waals surface area contributed by atoms with Crippen LogP contribution in [-0.4, -0.2) is 28.1 Å². The van der Waals surface area contributed by atoms with Gasteiger partial charge in [0.2, 0.25) is 5.91 Å². The van der Waals surface area contributed by atoms with Gasteiger partial charge in [0.1, 0.15) is 0 Å². The molecule has 1 amide bonds. The van der Waals surface area contributed by atoms with Crippen LogP contribution in [0.15, 0.2) is 41.3 Å². The number of nitrogens with zero attached hydrogens (tertiary/aromatic N) is 1. The van der Waals surface area contributed by atoms with Gasteiger partial charge in [-0.25, -0.2) is 0 Å². The van der Waals surface area contributed by atoms with Crippen LogP contribution in [0.5, 0.6) is 0 Å². The molecule has 5 nitrogen and oxygen atoms in total. The summed E-state index contributed by atoms with van der Waals surface area (Å²) in [7, 11) is 0. The molecule has 0 fully saturated rings. The van der Waals surface area contributed by atoms with Crippen LogP contribution in [0.1, 0.15) is 48.0 Å². The highest BCUT2D eigenvalue weighted by atomic mass is 35.5. The molecule has 156 valence electrons. The molecule has 0 aliphatic carbocycles. The van der Waals surface area contributed by atoms with Gasteiger partial charge in [-0.05, 0) is 60.3 Å². The Morgan fingerprint density at radius 2 is 1.83 bits per heavy atom. The van der Waals surface area contributed by atoms with Gasteiger partial charge in [-0.3, -0.25) is 14.7 Å². The van der Waals surface area contributed by atoms with Crippen molar-refractivity contribution in [2.24, 2.45) is 10.6 Å². The van der Waals surface area contributed by atoms with E-state index in [1.54, 1.807) is 18.2 Å². The summed E-state index contributed by atoms with van der Waals surface area (Å²) in [5, 5.41) is 7.22. The van der Waals surface area contributed by atoms with E-state index in [0.717, 1.165) is 35.0 Å². The lowest BCUT2D eigenvalue weighted by Crippen LogP contribution is -2.42. The van der Waals surface area contributed by atoms with E-state index in [1.165, 1.54) is 5.56 Å². The Kier molecular flexibility index (Phi) is 5.43. The third-order valence-corrected chi connectivity index (χ3v) is 6.52. The largest absolute Gasteiger partial charge is 0.357 e. The van der Waals surface area contributed by atoms with Crippen LogP contribution in [0.2, 0.25) is 5.02 Å². The predicted molar refractivity (Wildman–Crippen MR) is 122 cm³/mol. The summed E-state index contributed by atoms with van der Waals surface area (Å²) >= 11 is 7.14. The van der Waals surface area contributed by atoms with E-state index in [1.807, 2.05) is 43.9 Å². The summed E-state index contributed by atoms with van der Waals surface area (Å²) in [6.45, 7) is 7.08. The van der Waals surface area contributed by atoms with Crippen molar-refractivity contribution in [2.75, 3.05) is 6.54 Å². The van der Waals surface area contributed by atoms with Crippen LogP contribution in [0.25, 0.3) is 10.9 Å². The third kappa shape index (κ3) is 3.75. The predicted octanol–water partition coefficient (Wildman–Crippen LogP) is 4.95. The first-order valence-corrected chi connectivity index (χ1v) is 11.1. The first-order chi connectivity index (χ1) is 14.2. The maximum absolute atomic E-state index is 13.1. The van der Waals surface area contributed by atoms with Gasteiger partial charge in [0, 0.05) is 44.6 Å². The number of fused-ring (bicyclic) bond motifs is 3. The van der Waals surface area contributed by atoms with Gasteiger partial charge in [-0.15, -0.1) is 0 Å². The summed E-state index contributed by atoms with van der Waals surface area (Å²) in [4.78, 5) is 31.7. The van der Waals surface area contributed by atoms with Crippen molar-refractivity contribution in [2.45, 2.75) is 38.6 Å². The molecule has 0 bridgehead atoms. The van der Waals surface area contributed by atoms with Gasteiger partial charge in [-0.1, -0.05) is 32.4 Å². The quantitative estimate of drug-likeness (QED) is 0.445. The second-order valence-electron chi connectivity index (χ2n) is 8.66. The maximum atomic E-state index is 13.1. The van der Waals surface area contributed by atoms with E-state index in [9.17, 15) is 9.59 Å². The first kappa shape index (κ1) is 21.0. The number of carbonyl (C=O) groups excluding carboxylic acids is 2. The highest BCUT2D eigenvalue weighted by Crippen LogP contribution is 2.31. The fraction of sp³-hybridized carbons (Fsp3) is 0.304. The van der Waals surface area contributed by atoms with Crippen molar-refractivity contribution in [3.05, 3.63) is 63.8 Å². The van der Waals surface area contributed by atoms with Crippen molar-refractivity contribution >= 4 is 46.1 Å². The lowest BCUT2D eigenvalue weighted by atomic mass is 9.93. The molecule has 0 spiro atoms.